The Morgan fingerprint density at radius 3 is 2.42 bits per heavy atom. The molecule has 0 radical (unpaired) electrons. The van der Waals surface area contributed by atoms with E-state index in [2.05, 4.69) is 41.9 Å². The first-order valence-electron chi connectivity index (χ1n) is 10.1. The van der Waals surface area contributed by atoms with Crippen molar-refractivity contribution in [3.05, 3.63) is 94.9 Å². The molecule has 1 N–H and O–H groups in total. The number of carbonyl (C=O) groups is 1. The number of amides is 1. The molecule has 1 amide bonds. The van der Waals surface area contributed by atoms with E-state index in [1.54, 1.807) is 11.3 Å². The van der Waals surface area contributed by atoms with Gasteiger partial charge in [0.15, 0.2) is 6.61 Å². The summed E-state index contributed by atoms with van der Waals surface area (Å²) >= 11 is 1.63. The molecule has 3 aromatic carbocycles. The molecular weight excluding hydrogens is 404 g/mol. The van der Waals surface area contributed by atoms with E-state index < -0.39 is 0 Å². The molecule has 1 heterocycles. The molecule has 0 atom stereocenters. The predicted molar refractivity (Wildman–Crippen MR) is 126 cm³/mol. The van der Waals surface area contributed by atoms with Crippen LogP contribution in [0.2, 0.25) is 0 Å². The Balaban J connectivity index is 1.31. The van der Waals surface area contributed by atoms with Crippen molar-refractivity contribution in [2.75, 3.05) is 6.61 Å². The number of hydrogen-bond donors (Lipinski definition) is 1. The summed E-state index contributed by atoms with van der Waals surface area (Å²) in [6.45, 7) is 4.54. The largest absolute Gasteiger partial charge is 0.484 e. The van der Waals surface area contributed by atoms with Gasteiger partial charge in [0, 0.05) is 23.1 Å². The Morgan fingerprint density at radius 1 is 0.935 bits per heavy atom. The van der Waals surface area contributed by atoms with Crippen molar-refractivity contribution in [1.82, 2.24) is 10.3 Å². The number of ether oxygens (including phenoxy) is 1. The highest BCUT2D eigenvalue weighted by atomic mass is 32.1. The Hall–Kier alpha value is -3.44. The molecule has 0 saturated heterocycles. The Kier molecular flexibility index (Phi) is 6.43. The van der Waals surface area contributed by atoms with Gasteiger partial charge >= 0.3 is 0 Å². The van der Waals surface area contributed by atoms with Crippen molar-refractivity contribution in [2.45, 2.75) is 20.4 Å². The van der Waals surface area contributed by atoms with Crippen molar-refractivity contribution in [2.24, 2.45) is 0 Å². The lowest BCUT2D eigenvalue weighted by Crippen LogP contribution is -2.28. The monoisotopic (exact) mass is 428 g/mol. The standard InChI is InChI=1S/C26H24N2O2S/c1-18-6-10-21(11-7-18)24-17-31-26(28-24)22-12-8-20(9-13-22)15-27-25(29)16-30-23-5-3-4-19(2)14-23/h3-14,17H,15-16H2,1-2H3,(H,27,29). The summed E-state index contributed by atoms with van der Waals surface area (Å²) in [6.07, 6.45) is 0. The number of thiazole rings is 1. The molecule has 0 unspecified atom stereocenters. The zero-order chi connectivity index (χ0) is 21.6. The van der Waals surface area contributed by atoms with Crippen LogP contribution in [-0.4, -0.2) is 17.5 Å². The van der Waals surface area contributed by atoms with Crippen LogP contribution in [0.4, 0.5) is 0 Å². The van der Waals surface area contributed by atoms with Crippen molar-refractivity contribution < 1.29 is 9.53 Å². The second-order valence-corrected chi connectivity index (χ2v) is 8.34. The topological polar surface area (TPSA) is 51.2 Å². The fraction of sp³-hybridized carbons (Fsp3) is 0.154. The van der Waals surface area contributed by atoms with Crippen LogP contribution in [0, 0.1) is 13.8 Å². The molecule has 4 rings (SSSR count). The Morgan fingerprint density at radius 2 is 1.68 bits per heavy atom. The fourth-order valence-corrected chi connectivity index (χ4v) is 3.97. The lowest BCUT2D eigenvalue weighted by molar-refractivity contribution is -0.123. The molecule has 0 spiro atoms. The first-order chi connectivity index (χ1) is 15.1. The highest BCUT2D eigenvalue weighted by Crippen LogP contribution is 2.29. The molecule has 0 bridgehead atoms. The van der Waals surface area contributed by atoms with E-state index in [9.17, 15) is 4.79 Å². The highest BCUT2D eigenvalue weighted by Gasteiger charge is 2.08. The lowest BCUT2D eigenvalue weighted by Gasteiger charge is -2.08. The molecule has 0 aliphatic carbocycles. The van der Waals surface area contributed by atoms with Gasteiger partial charge in [-0.05, 0) is 37.1 Å². The maximum absolute atomic E-state index is 12.1. The molecule has 0 aliphatic heterocycles. The summed E-state index contributed by atoms with van der Waals surface area (Å²) < 4.78 is 5.54. The van der Waals surface area contributed by atoms with Gasteiger partial charge in [-0.1, -0.05) is 66.2 Å². The van der Waals surface area contributed by atoms with Gasteiger partial charge in [0.1, 0.15) is 10.8 Å². The number of benzene rings is 3. The molecular formula is C26H24N2O2S. The molecule has 4 aromatic rings. The van der Waals surface area contributed by atoms with Crippen LogP contribution in [0.1, 0.15) is 16.7 Å². The van der Waals surface area contributed by atoms with Gasteiger partial charge in [0.25, 0.3) is 5.91 Å². The maximum Gasteiger partial charge on any atom is 0.258 e. The number of carbonyl (C=O) groups excluding carboxylic acids is 1. The minimum absolute atomic E-state index is 0.00242. The van der Waals surface area contributed by atoms with E-state index in [1.807, 2.05) is 55.5 Å². The van der Waals surface area contributed by atoms with Crippen molar-refractivity contribution >= 4 is 17.2 Å². The van der Waals surface area contributed by atoms with Gasteiger partial charge in [-0.3, -0.25) is 4.79 Å². The first-order valence-corrected chi connectivity index (χ1v) is 11.0. The third-order valence-corrected chi connectivity index (χ3v) is 5.79. The zero-order valence-electron chi connectivity index (χ0n) is 17.6. The van der Waals surface area contributed by atoms with Gasteiger partial charge < -0.3 is 10.1 Å². The second kappa shape index (κ2) is 9.58. The zero-order valence-corrected chi connectivity index (χ0v) is 18.4. The van der Waals surface area contributed by atoms with Crippen LogP contribution >= 0.6 is 11.3 Å². The van der Waals surface area contributed by atoms with E-state index in [0.29, 0.717) is 12.3 Å². The first kappa shape index (κ1) is 20.8. The Bertz CT molecular complexity index is 1160. The quantitative estimate of drug-likeness (QED) is 0.405. The van der Waals surface area contributed by atoms with Gasteiger partial charge in [0.2, 0.25) is 0 Å². The van der Waals surface area contributed by atoms with E-state index in [-0.39, 0.29) is 12.5 Å². The second-order valence-electron chi connectivity index (χ2n) is 7.48. The summed E-state index contributed by atoms with van der Waals surface area (Å²) in [7, 11) is 0. The number of aromatic nitrogens is 1. The van der Waals surface area contributed by atoms with Crippen molar-refractivity contribution in [1.29, 1.82) is 0 Å². The Labute approximate surface area is 186 Å². The minimum atomic E-state index is -0.145. The summed E-state index contributed by atoms with van der Waals surface area (Å²) in [5.41, 5.74) is 6.56. The van der Waals surface area contributed by atoms with Crippen LogP contribution in [0.15, 0.2) is 78.2 Å². The lowest BCUT2D eigenvalue weighted by atomic mass is 10.1. The SMILES string of the molecule is Cc1ccc(-c2csc(-c3ccc(CNC(=O)COc4cccc(C)c4)cc3)n2)cc1. The minimum Gasteiger partial charge on any atom is -0.484 e. The van der Waals surface area contributed by atoms with Gasteiger partial charge in [-0.2, -0.15) is 0 Å². The van der Waals surface area contributed by atoms with Crippen LogP contribution in [0.5, 0.6) is 5.75 Å². The summed E-state index contributed by atoms with van der Waals surface area (Å²) in [4.78, 5) is 16.9. The molecule has 5 heteroatoms. The van der Waals surface area contributed by atoms with Crippen LogP contribution in [-0.2, 0) is 11.3 Å². The van der Waals surface area contributed by atoms with E-state index in [1.165, 1.54) is 5.56 Å². The molecule has 0 saturated carbocycles. The molecule has 4 nitrogen and oxygen atoms in total. The van der Waals surface area contributed by atoms with Gasteiger partial charge in [-0.25, -0.2) is 4.98 Å². The van der Waals surface area contributed by atoms with E-state index in [0.717, 1.165) is 33.0 Å². The van der Waals surface area contributed by atoms with Gasteiger partial charge in [-0.15, -0.1) is 11.3 Å². The third kappa shape index (κ3) is 5.58. The number of hydrogen-bond acceptors (Lipinski definition) is 4. The molecule has 156 valence electrons. The maximum atomic E-state index is 12.1. The molecule has 0 fully saturated rings. The number of nitrogens with one attached hydrogen (secondary N) is 1. The normalized spacial score (nSPS) is 10.6. The average Bonchev–Trinajstić information content (AvgIpc) is 3.27. The van der Waals surface area contributed by atoms with Crippen LogP contribution in [0.3, 0.4) is 0 Å². The van der Waals surface area contributed by atoms with E-state index >= 15 is 0 Å². The fourth-order valence-electron chi connectivity index (χ4n) is 3.13. The predicted octanol–water partition coefficient (Wildman–Crippen LogP) is 5.79. The summed E-state index contributed by atoms with van der Waals surface area (Å²) in [5.74, 6) is 0.557. The molecule has 0 aliphatic rings. The van der Waals surface area contributed by atoms with Crippen molar-refractivity contribution in [3.63, 3.8) is 0 Å². The highest BCUT2D eigenvalue weighted by molar-refractivity contribution is 7.13. The van der Waals surface area contributed by atoms with Crippen LogP contribution in [0.25, 0.3) is 21.8 Å². The van der Waals surface area contributed by atoms with E-state index in [4.69, 9.17) is 9.72 Å². The summed E-state index contributed by atoms with van der Waals surface area (Å²) in [5, 5.41) is 5.97. The average molecular weight is 429 g/mol. The smallest absolute Gasteiger partial charge is 0.258 e. The summed E-state index contributed by atoms with van der Waals surface area (Å²) in [6, 6.07) is 24.2. The van der Waals surface area contributed by atoms with Gasteiger partial charge in [0.05, 0.1) is 5.69 Å². The van der Waals surface area contributed by atoms with Crippen molar-refractivity contribution in [3.8, 4) is 27.6 Å². The number of rotatable bonds is 7. The number of aryl methyl sites for hydroxylation is 2. The molecule has 1 aromatic heterocycles. The third-order valence-electron chi connectivity index (χ3n) is 4.90. The molecule has 31 heavy (non-hydrogen) atoms. The number of nitrogens with zero attached hydrogens (tertiary/aromatic N) is 1. The van der Waals surface area contributed by atoms with Crippen LogP contribution < -0.4 is 10.1 Å².